The van der Waals surface area contributed by atoms with Gasteiger partial charge in [0.25, 0.3) is 0 Å². The Bertz CT molecular complexity index is 817. The van der Waals surface area contributed by atoms with E-state index in [0.717, 1.165) is 0 Å². The fraction of sp³-hybridized carbons (Fsp3) is 0.684. The summed E-state index contributed by atoms with van der Waals surface area (Å²) in [7, 11) is 0. The standard InChI is InChI=1S/C19H26F3N5O3/c1-3-15-24-14-9-26(5-4-13(14)18(25-15)19(20,21)22)16(28)6-12(23)8-27-7-11(2)30-10-17(27)29/h11-12H,3-10,23H2,1-2H3/t11?,12-/m0/s1. The topological polar surface area (TPSA) is 102 Å². The second-order valence-corrected chi connectivity index (χ2v) is 7.71. The second kappa shape index (κ2) is 8.84. The monoisotopic (exact) mass is 429 g/mol. The summed E-state index contributed by atoms with van der Waals surface area (Å²) in [6, 6.07) is -0.574. The Kier molecular flexibility index (Phi) is 6.61. The average Bonchev–Trinajstić information content (AvgIpc) is 2.68. The maximum atomic E-state index is 13.4. The number of amides is 2. The molecule has 30 heavy (non-hydrogen) atoms. The van der Waals surface area contributed by atoms with Gasteiger partial charge in [-0.3, -0.25) is 9.59 Å². The van der Waals surface area contributed by atoms with Gasteiger partial charge in [0.05, 0.1) is 18.3 Å². The highest BCUT2D eigenvalue weighted by molar-refractivity contribution is 5.79. The molecular formula is C19H26F3N5O3. The summed E-state index contributed by atoms with van der Waals surface area (Å²) in [4.78, 5) is 35.6. The molecule has 2 atom stereocenters. The number of nitrogens with two attached hydrogens (primary N) is 1. The number of carbonyl (C=O) groups is 2. The predicted octanol–water partition coefficient (Wildman–Crippen LogP) is 0.907. The zero-order valence-electron chi connectivity index (χ0n) is 17.0. The highest BCUT2D eigenvalue weighted by Crippen LogP contribution is 2.34. The Hall–Kier alpha value is -2.27. The van der Waals surface area contributed by atoms with Crippen molar-refractivity contribution in [2.45, 2.75) is 58.0 Å². The fourth-order valence-electron chi connectivity index (χ4n) is 3.73. The molecule has 0 radical (unpaired) electrons. The molecular weight excluding hydrogens is 403 g/mol. The number of fused-ring (bicyclic) bond motifs is 1. The van der Waals surface area contributed by atoms with Gasteiger partial charge in [0, 0.05) is 44.1 Å². The molecule has 1 unspecified atom stereocenters. The largest absolute Gasteiger partial charge is 0.433 e. The smallest absolute Gasteiger partial charge is 0.367 e. The van der Waals surface area contributed by atoms with Crippen LogP contribution in [0.1, 0.15) is 43.0 Å². The maximum Gasteiger partial charge on any atom is 0.433 e. The maximum absolute atomic E-state index is 13.4. The SMILES string of the molecule is CCc1nc2c(c(C(F)(F)F)n1)CCN(C(=O)C[C@H](N)CN1CC(C)OCC1=O)C2. The summed E-state index contributed by atoms with van der Waals surface area (Å²) in [5.41, 5.74) is 5.47. The van der Waals surface area contributed by atoms with Gasteiger partial charge in [-0.1, -0.05) is 6.92 Å². The van der Waals surface area contributed by atoms with Crippen LogP contribution in [0.2, 0.25) is 0 Å². The van der Waals surface area contributed by atoms with Crippen molar-refractivity contribution in [1.82, 2.24) is 19.8 Å². The molecule has 1 fully saturated rings. The summed E-state index contributed by atoms with van der Waals surface area (Å²) in [5.74, 6) is -0.342. The average molecular weight is 429 g/mol. The van der Waals surface area contributed by atoms with Gasteiger partial charge < -0.3 is 20.3 Å². The number of aryl methyl sites for hydroxylation is 1. The van der Waals surface area contributed by atoms with Gasteiger partial charge in [-0.15, -0.1) is 0 Å². The Balaban J connectivity index is 1.66. The number of morpholine rings is 1. The molecule has 2 aliphatic heterocycles. The van der Waals surface area contributed by atoms with Crippen molar-refractivity contribution in [3.63, 3.8) is 0 Å². The van der Waals surface area contributed by atoms with Crippen LogP contribution in [0.4, 0.5) is 13.2 Å². The molecule has 1 aromatic rings. The molecule has 2 aliphatic rings. The summed E-state index contributed by atoms with van der Waals surface area (Å²) in [6.07, 6.45) is -4.37. The van der Waals surface area contributed by atoms with E-state index in [1.165, 1.54) is 4.90 Å². The van der Waals surface area contributed by atoms with Crippen molar-refractivity contribution in [3.8, 4) is 0 Å². The molecule has 166 valence electrons. The quantitative estimate of drug-likeness (QED) is 0.747. The summed E-state index contributed by atoms with van der Waals surface area (Å²) >= 11 is 0. The first-order valence-electron chi connectivity index (χ1n) is 9.97. The molecule has 1 saturated heterocycles. The van der Waals surface area contributed by atoms with Gasteiger partial charge in [0.15, 0.2) is 5.69 Å². The van der Waals surface area contributed by atoms with Gasteiger partial charge in [0.1, 0.15) is 12.4 Å². The van der Waals surface area contributed by atoms with Gasteiger partial charge in [-0.2, -0.15) is 13.2 Å². The Morgan fingerprint density at radius 2 is 2.10 bits per heavy atom. The highest BCUT2D eigenvalue weighted by Gasteiger charge is 2.39. The number of carbonyl (C=O) groups excluding carboxylic acids is 2. The minimum absolute atomic E-state index is 0.00694. The number of ether oxygens (including phenoxy) is 1. The third kappa shape index (κ3) is 5.07. The molecule has 0 saturated carbocycles. The lowest BCUT2D eigenvalue weighted by Crippen LogP contribution is -2.51. The fourth-order valence-corrected chi connectivity index (χ4v) is 3.73. The second-order valence-electron chi connectivity index (χ2n) is 7.71. The van der Waals surface area contributed by atoms with Crippen molar-refractivity contribution in [2.75, 3.05) is 26.2 Å². The third-order valence-electron chi connectivity index (χ3n) is 5.26. The van der Waals surface area contributed by atoms with Crippen LogP contribution in [-0.2, 0) is 39.9 Å². The van der Waals surface area contributed by atoms with E-state index in [9.17, 15) is 22.8 Å². The van der Waals surface area contributed by atoms with Crippen LogP contribution in [0, 0.1) is 0 Å². The van der Waals surface area contributed by atoms with E-state index in [0.29, 0.717) is 6.54 Å². The number of halogens is 3. The van der Waals surface area contributed by atoms with Crippen LogP contribution >= 0.6 is 0 Å². The van der Waals surface area contributed by atoms with E-state index in [2.05, 4.69) is 9.97 Å². The molecule has 1 aromatic heterocycles. The molecule has 0 bridgehead atoms. The number of hydrogen-bond donors (Lipinski definition) is 1. The van der Waals surface area contributed by atoms with Crippen molar-refractivity contribution in [2.24, 2.45) is 5.73 Å². The van der Waals surface area contributed by atoms with Crippen LogP contribution in [0.25, 0.3) is 0 Å². The van der Waals surface area contributed by atoms with Crippen molar-refractivity contribution < 1.29 is 27.5 Å². The number of rotatable bonds is 5. The number of nitrogens with zero attached hydrogens (tertiary/aromatic N) is 4. The molecule has 2 N–H and O–H groups in total. The summed E-state index contributed by atoms with van der Waals surface area (Å²) < 4.78 is 45.4. The molecule has 0 spiro atoms. The Labute approximate surface area is 172 Å². The van der Waals surface area contributed by atoms with Crippen molar-refractivity contribution in [3.05, 3.63) is 22.8 Å². The summed E-state index contributed by atoms with van der Waals surface area (Å²) in [5, 5.41) is 0. The van der Waals surface area contributed by atoms with Crippen molar-refractivity contribution in [1.29, 1.82) is 0 Å². The number of hydrogen-bond acceptors (Lipinski definition) is 6. The van der Waals surface area contributed by atoms with E-state index in [-0.39, 0.29) is 80.5 Å². The van der Waals surface area contributed by atoms with E-state index >= 15 is 0 Å². The van der Waals surface area contributed by atoms with Gasteiger partial charge in [0.2, 0.25) is 11.8 Å². The van der Waals surface area contributed by atoms with Crippen LogP contribution in [0.3, 0.4) is 0 Å². The molecule has 8 nitrogen and oxygen atoms in total. The van der Waals surface area contributed by atoms with Gasteiger partial charge in [-0.25, -0.2) is 9.97 Å². The Morgan fingerprint density at radius 3 is 2.77 bits per heavy atom. The molecule has 3 rings (SSSR count). The number of aromatic nitrogens is 2. The zero-order valence-corrected chi connectivity index (χ0v) is 17.0. The lowest BCUT2D eigenvalue weighted by Gasteiger charge is -2.34. The predicted molar refractivity (Wildman–Crippen MR) is 100 cm³/mol. The lowest BCUT2D eigenvalue weighted by molar-refractivity contribution is -0.148. The molecule has 2 amide bonds. The van der Waals surface area contributed by atoms with E-state index in [4.69, 9.17) is 10.5 Å². The zero-order chi connectivity index (χ0) is 22.1. The molecule has 11 heteroatoms. The minimum Gasteiger partial charge on any atom is -0.367 e. The first kappa shape index (κ1) is 22.4. The summed E-state index contributed by atoms with van der Waals surface area (Å²) in [6.45, 7) is 4.30. The lowest BCUT2D eigenvalue weighted by atomic mass is 10.0. The molecule has 3 heterocycles. The van der Waals surface area contributed by atoms with Crippen LogP contribution in [0.5, 0.6) is 0 Å². The number of alkyl halides is 3. The van der Waals surface area contributed by atoms with Crippen LogP contribution in [0.15, 0.2) is 0 Å². The van der Waals surface area contributed by atoms with Crippen LogP contribution < -0.4 is 5.73 Å². The van der Waals surface area contributed by atoms with Crippen molar-refractivity contribution >= 4 is 11.8 Å². The first-order valence-corrected chi connectivity index (χ1v) is 9.97. The van der Waals surface area contributed by atoms with E-state index < -0.39 is 17.9 Å². The molecule has 0 aliphatic carbocycles. The third-order valence-corrected chi connectivity index (χ3v) is 5.26. The normalized spacial score (nSPS) is 20.9. The van der Waals surface area contributed by atoms with Crippen LogP contribution in [-0.4, -0.2) is 70.0 Å². The van der Waals surface area contributed by atoms with Gasteiger partial charge in [-0.05, 0) is 13.3 Å². The van der Waals surface area contributed by atoms with E-state index in [1.807, 2.05) is 6.92 Å². The highest BCUT2D eigenvalue weighted by atomic mass is 19.4. The van der Waals surface area contributed by atoms with E-state index in [1.54, 1.807) is 11.8 Å². The molecule has 0 aromatic carbocycles. The minimum atomic E-state index is -4.56. The first-order chi connectivity index (χ1) is 14.1. The van der Waals surface area contributed by atoms with Gasteiger partial charge >= 0.3 is 6.18 Å². The Morgan fingerprint density at radius 1 is 1.37 bits per heavy atom.